The number of carbonyl (C=O) groups excluding carboxylic acids is 1. The van der Waals surface area contributed by atoms with E-state index in [1.165, 1.54) is 20.4 Å². The Morgan fingerprint density at radius 2 is 1.89 bits per heavy atom. The summed E-state index contributed by atoms with van der Waals surface area (Å²) in [5.74, 6) is -2.57. The number of halogens is 2. The maximum Gasteiger partial charge on any atom is 0.257 e. The van der Waals surface area contributed by atoms with E-state index < -0.39 is 35.3 Å². The van der Waals surface area contributed by atoms with Crippen molar-refractivity contribution in [2.24, 2.45) is 5.92 Å². The van der Waals surface area contributed by atoms with Crippen molar-refractivity contribution < 1.29 is 28.2 Å². The van der Waals surface area contributed by atoms with Crippen LogP contribution in [0.15, 0.2) is 30.5 Å². The van der Waals surface area contributed by atoms with Crippen molar-refractivity contribution in [3.8, 4) is 11.6 Å². The van der Waals surface area contributed by atoms with Gasteiger partial charge in [-0.3, -0.25) is 4.79 Å². The van der Waals surface area contributed by atoms with Crippen LogP contribution in [-0.2, 0) is 0 Å². The minimum Gasteiger partial charge on any atom is -0.497 e. The van der Waals surface area contributed by atoms with Crippen LogP contribution in [0.4, 0.5) is 8.78 Å². The van der Waals surface area contributed by atoms with Crippen molar-refractivity contribution in [2.75, 3.05) is 14.2 Å². The van der Waals surface area contributed by atoms with Crippen LogP contribution >= 0.6 is 0 Å². The second-order valence-corrected chi connectivity index (χ2v) is 6.44. The van der Waals surface area contributed by atoms with E-state index in [0.29, 0.717) is 24.3 Å². The molecule has 8 heteroatoms. The molecule has 3 rings (SSSR count). The standard InChI is InChI=1S/C19H20F2N2O4/c1-26-13-7-14(20)17(15(21)8-13)19(25)23-18(11-5-12(24)6-11)10-3-4-16(27-2)22-9-10/h3-4,7-9,11-12,18,24H,5-6H2,1-2H3,(H,23,25)/t11?,12?,18-/m1/s1. The molecule has 0 bridgehead atoms. The topological polar surface area (TPSA) is 80.7 Å². The number of aliphatic hydroxyl groups excluding tert-OH is 1. The molecule has 1 heterocycles. The smallest absolute Gasteiger partial charge is 0.257 e. The van der Waals surface area contributed by atoms with Crippen LogP contribution in [0.5, 0.6) is 11.6 Å². The molecule has 27 heavy (non-hydrogen) atoms. The molecule has 144 valence electrons. The second kappa shape index (κ2) is 7.87. The van der Waals surface area contributed by atoms with E-state index in [0.717, 1.165) is 12.1 Å². The molecule has 6 nitrogen and oxygen atoms in total. The summed E-state index contributed by atoms with van der Waals surface area (Å²) in [4.78, 5) is 16.7. The molecule has 1 aromatic heterocycles. The van der Waals surface area contributed by atoms with Crippen LogP contribution in [0.1, 0.15) is 34.8 Å². The normalized spacial score (nSPS) is 19.7. The van der Waals surface area contributed by atoms with Gasteiger partial charge in [0.15, 0.2) is 0 Å². The minimum atomic E-state index is -1.01. The zero-order valence-electron chi connectivity index (χ0n) is 14.9. The molecule has 1 aliphatic carbocycles. The Morgan fingerprint density at radius 3 is 2.37 bits per heavy atom. The van der Waals surface area contributed by atoms with Gasteiger partial charge in [-0.1, -0.05) is 6.07 Å². The molecular formula is C19H20F2N2O4. The summed E-state index contributed by atoms with van der Waals surface area (Å²) in [5.41, 5.74) is -0.0162. The molecule has 0 unspecified atom stereocenters. The molecule has 1 aromatic carbocycles. The quantitative estimate of drug-likeness (QED) is 0.808. The number of ether oxygens (including phenoxy) is 2. The van der Waals surface area contributed by atoms with Gasteiger partial charge in [0, 0.05) is 24.4 Å². The van der Waals surface area contributed by atoms with Crippen molar-refractivity contribution in [2.45, 2.75) is 25.0 Å². The number of nitrogens with one attached hydrogen (secondary N) is 1. The van der Waals surface area contributed by atoms with Crippen LogP contribution < -0.4 is 14.8 Å². The Bertz CT molecular complexity index is 800. The van der Waals surface area contributed by atoms with Gasteiger partial charge < -0.3 is 19.9 Å². The van der Waals surface area contributed by atoms with Crippen LogP contribution in [0.2, 0.25) is 0 Å². The van der Waals surface area contributed by atoms with Gasteiger partial charge in [0.2, 0.25) is 5.88 Å². The second-order valence-electron chi connectivity index (χ2n) is 6.44. The monoisotopic (exact) mass is 378 g/mol. The first-order chi connectivity index (χ1) is 12.9. The van der Waals surface area contributed by atoms with Gasteiger partial charge >= 0.3 is 0 Å². The summed E-state index contributed by atoms with van der Waals surface area (Å²) in [7, 11) is 2.77. The number of carbonyl (C=O) groups is 1. The van der Waals surface area contributed by atoms with Crippen molar-refractivity contribution in [1.29, 1.82) is 0 Å². The average molecular weight is 378 g/mol. The third kappa shape index (κ3) is 4.00. The lowest BCUT2D eigenvalue weighted by molar-refractivity contribution is 0.0233. The molecule has 1 aliphatic rings. The van der Waals surface area contributed by atoms with E-state index in [9.17, 15) is 18.7 Å². The van der Waals surface area contributed by atoms with E-state index in [1.54, 1.807) is 12.1 Å². The molecular weight excluding hydrogens is 358 g/mol. The molecule has 0 aliphatic heterocycles. The van der Waals surface area contributed by atoms with Crippen LogP contribution in [0.25, 0.3) is 0 Å². The molecule has 1 amide bonds. The van der Waals surface area contributed by atoms with E-state index in [1.807, 2.05) is 0 Å². The number of aliphatic hydroxyl groups is 1. The highest BCUT2D eigenvalue weighted by Crippen LogP contribution is 2.38. The Balaban J connectivity index is 1.86. The van der Waals surface area contributed by atoms with Crippen molar-refractivity contribution in [1.82, 2.24) is 10.3 Å². The fourth-order valence-electron chi connectivity index (χ4n) is 3.17. The summed E-state index contributed by atoms with van der Waals surface area (Å²) in [5, 5.41) is 12.3. The number of amides is 1. The lowest BCUT2D eigenvalue weighted by Crippen LogP contribution is -2.41. The predicted octanol–water partition coefficient (Wildman–Crippen LogP) is 2.62. The Labute approximate surface area is 155 Å². The summed E-state index contributed by atoms with van der Waals surface area (Å²) >= 11 is 0. The van der Waals surface area contributed by atoms with Gasteiger partial charge in [0.05, 0.1) is 26.4 Å². The van der Waals surface area contributed by atoms with Crippen LogP contribution in [-0.4, -0.2) is 36.3 Å². The molecule has 2 aromatic rings. The van der Waals surface area contributed by atoms with E-state index in [-0.39, 0.29) is 11.7 Å². The highest BCUT2D eigenvalue weighted by molar-refractivity contribution is 5.95. The number of methoxy groups -OCH3 is 2. The van der Waals surface area contributed by atoms with Gasteiger partial charge in [0.1, 0.15) is 22.9 Å². The SMILES string of the molecule is COc1cc(F)c(C(=O)N[C@H](c2ccc(OC)nc2)C2CC(O)C2)c(F)c1. The van der Waals surface area contributed by atoms with Gasteiger partial charge in [-0.05, 0) is 24.3 Å². The average Bonchev–Trinajstić information content (AvgIpc) is 2.63. The number of nitrogens with zero attached hydrogens (tertiary/aromatic N) is 1. The van der Waals surface area contributed by atoms with E-state index >= 15 is 0 Å². The lowest BCUT2D eigenvalue weighted by atomic mass is 9.75. The Kier molecular flexibility index (Phi) is 5.55. The predicted molar refractivity (Wildman–Crippen MR) is 92.6 cm³/mol. The molecule has 1 fully saturated rings. The number of aromatic nitrogens is 1. The number of hydrogen-bond donors (Lipinski definition) is 2. The zero-order valence-corrected chi connectivity index (χ0v) is 14.9. The largest absolute Gasteiger partial charge is 0.497 e. The van der Waals surface area contributed by atoms with Crippen LogP contribution in [0, 0.1) is 17.6 Å². The number of rotatable bonds is 6. The molecule has 1 saturated carbocycles. The molecule has 0 radical (unpaired) electrons. The molecule has 0 saturated heterocycles. The molecule has 0 spiro atoms. The summed E-state index contributed by atoms with van der Waals surface area (Å²) in [6.07, 6.45) is 2.04. The summed E-state index contributed by atoms with van der Waals surface area (Å²) in [6, 6.07) is 4.73. The first-order valence-corrected chi connectivity index (χ1v) is 8.44. The number of hydrogen-bond acceptors (Lipinski definition) is 5. The van der Waals surface area contributed by atoms with Gasteiger partial charge in [0.25, 0.3) is 5.91 Å². The van der Waals surface area contributed by atoms with E-state index in [2.05, 4.69) is 10.3 Å². The highest BCUT2D eigenvalue weighted by Gasteiger charge is 2.36. The summed E-state index contributed by atoms with van der Waals surface area (Å²) in [6.45, 7) is 0. The maximum absolute atomic E-state index is 14.2. The fraction of sp³-hybridized carbons (Fsp3) is 0.368. The molecule has 1 atom stereocenters. The van der Waals surface area contributed by atoms with Crippen LogP contribution in [0.3, 0.4) is 0 Å². The first-order valence-electron chi connectivity index (χ1n) is 8.44. The number of benzene rings is 1. The number of pyridine rings is 1. The highest BCUT2D eigenvalue weighted by atomic mass is 19.1. The van der Waals surface area contributed by atoms with Crippen molar-refractivity contribution in [3.63, 3.8) is 0 Å². The zero-order chi connectivity index (χ0) is 19.6. The lowest BCUT2D eigenvalue weighted by Gasteiger charge is -2.38. The van der Waals surface area contributed by atoms with Gasteiger partial charge in [-0.25, -0.2) is 13.8 Å². The van der Waals surface area contributed by atoms with Gasteiger partial charge in [-0.15, -0.1) is 0 Å². The van der Waals surface area contributed by atoms with E-state index in [4.69, 9.17) is 9.47 Å². The summed E-state index contributed by atoms with van der Waals surface area (Å²) < 4.78 is 38.2. The minimum absolute atomic E-state index is 0.0143. The molecule has 2 N–H and O–H groups in total. The Morgan fingerprint density at radius 1 is 1.22 bits per heavy atom. The third-order valence-corrected chi connectivity index (χ3v) is 4.71. The van der Waals surface area contributed by atoms with Gasteiger partial charge in [-0.2, -0.15) is 0 Å². The first kappa shape index (κ1) is 19.0. The Hall–Kier alpha value is -2.74. The van der Waals surface area contributed by atoms with Crippen molar-refractivity contribution in [3.05, 3.63) is 53.2 Å². The maximum atomic E-state index is 14.2. The van der Waals surface area contributed by atoms with Crippen molar-refractivity contribution >= 4 is 5.91 Å². The third-order valence-electron chi connectivity index (χ3n) is 4.71. The fourth-order valence-corrected chi connectivity index (χ4v) is 3.17.